The molecule has 2 aromatic carbocycles. The second kappa shape index (κ2) is 16.7. The van der Waals surface area contributed by atoms with Gasteiger partial charge in [0.1, 0.15) is 24.4 Å². The molecular formula is C47H47F9N6O7. The second-order valence-corrected chi connectivity index (χ2v) is 20.3. The molecule has 22 heteroatoms. The number of ether oxygens (including phenoxy) is 3. The Labute approximate surface area is 388 Å². The van der Waals surface area contributed by atoms with Crippen LogP contribution in [0.4, 0.5) is 62.9 Å². The van der Waals surface area contributed by atoms with Crippen LogP contribution in [0, 0.1) is 57.9 Å². The molecule has 69 heavy (non-hydrogen) atoms. The molecule has 4 saturated carbocycles. The van der Waals surface area contributed by atoms with Gasteiger partial charge in [0.25, 0.3) is 23.8 Å². The van der Waals surface area contributed by atoms with Crippen molar-refractivity contribution in [2.75, 3.05) is 66.4 Å². The number of aromatic nitrogens is 2. The number of halogens is 9. The summed E-state index contributed by atoms with van der Waals surface area (Å²) >= 11 is 0. The quantitative estimate of drug-likeness (QED) is 0.117. The molecule has 0 radical (unpaired) electrons. The molecule has 13 nitrogen and oxygen atoms in total. The largest absolute Gasteiger partial charge is 0.490 e. The van der Waals surface area contributed by atoms with Crippen LogP contribution in [0.25, 0.3) is 0 Å². The van der Waals surface area contributed by atoms with E-state index in [-0.39, 0.29) is 46.1 Å². The van der Waals surface area contributed by atoms with Crippen molar-refractivity contribution in [3.8, 4) is 11.5 Å². The van der Waals surface area contributed by atoms with E-state index in [1.54, 1.807) is 9.80 Å². The van der Waals surface area contributed by atoms with Crippen molar-refractivity contribution in [1.29, 1.82) is 0 Å². The Bertz CT molecular complexity index is 2630. The van der Waals surface area contributed by atoms with Crippen molar-refractivity contribution >= 4 is 35.2 Å². The summed E-state index contributed by atoms with van der Waals surface area (Å²) in [5.74, 6) is -5.42. The first kappa shape index (κ1) is 45.8. The summed E-state index contributed by atoms with van der Waals surface area (Å²) < 4.78 is 156. The monoisotopic (exact) mass is 978 g/mol. The topological polar surface area (TPSA) is 144 Å². The lowest BCUT2D eigenvalue weighted by Crippen LogP contribution is -2.57. The van der Waals surface area contributed by atoms with Gasteiger partial charge in [0.2, 0.25) is 0 Å². The molecule has 3 saturated heterocycles. The number of rotatable bonds is 14. The molecule has 4 aliphatic carbocycles. The van der Waals surface area contributed by atoms with Crippen molar-refractivity contribution in [1.82, 2.24) is 9.97 Å². The number of benzene rings is 2. The predicted octanol–water partition coefficient (Wildman–Crippen LogP) is 9.52. The molecule has 7 fully saturated rings. The van der Waals surface area contributed by atoms with Crippen molar-refractivity contribution < 1.29 is 72.1 Å². The molecule has 2 amide bonds. The lowest BCUT2D eigenvalue weighted by Gasteiger charge is -2.46. The number of nitrogens with zero attached hydrogens (tertiary/aromatic N) is 4. The number of carbonyl (C=O) groups excluding carboxylic acids is 2. The van der Waals surface area contributed by atoms with Gasteiger partial charge in [-0.25, -0.2) is 13.2 Å². The molecule has 370 valence electrons. The van der Waals surface area contributed by atoms with Crippen LogP contribution in [0.1, 0.15) is 83.9 Å². The van der Waals surface area contributed by atoms with Crippen molar-refractivity contribution in [2.45, 2.75) is 82.7 Å². The lowest BCUT2D eigenvalue weighted by molar-refractivity contribution is -0.131. The van der Waals surface area contributed by atoms with E-state index < -0.39 is 94.9 Å². The van der Waals surface area contributed by atoms with Crippen molar-refractivity contribution in [2.24, 2.45) is 40.4 Å². The SMILES string of the molecule is O=C(Nc1ccc(OCC2CC3CC3C2)c(F)c1)c1nc(N2CCC(C34CC(Oc5c(F)cc(NC(=O)c6nc(N7CC8(CCOC8)C7)oc6CC(F)(F)F)cc5F)CC3C4)C2)oc1CC(F)(F)F. The molecule has 2 aromatic heterocycles. The third-order valence-corrected chi connectivity index (χ3v) is 15.3. The average Bonchev–Trinajstić information content (AvgIpc) is 3.76. The minimum Gasteiger partial charge on any atom is -0.490 e. The van der Waals surface area contributed by atoms with E-state index >= 15 is 8.78 Å². The zero-order chi connectivity index (χ0) is 48.2. The van der Waals surface area contributed by atoms with Crippen LogP contribution in [-0.2, 0) is 17.6 Å². The molecule has 0 bridgehead atoms. The highest BCUT2D eigenvalue weighted by atomic mass is 19.4. The summed E-state index contributed by atoms with van der Waals surface area (Å²) in [6, 6.07) is 5.02. The summed E-state index contributed by atoms with van der Waals surface area (Å²) in [5.41, 5.74) is -2.13. The first-order valence-electron chi connectivity index (χ1n) is 23.2. The van der Waals surface area contributed by atoms with E-state index in [9.17, 15) is 40.3 Å². The highest BCUT2D eigenvalue weighted by molar-refractivity contribution is 6.04. The van der Waals surface area contributed by atoms with Crippen molar-refractivity contribution in [3.63, 3.8) is 0 Å². The fourth-order valence-corrected chi connectivity index (χ4v) is 11.8. The van der Waals surface area contributed by atoms with E-state index in [2.05, 4.69) is 20.6 Å². The van der Waals surface area contributed by atoms with Gasteiger partial charge < -0.3 is 43.5 Å². The summed E-state index contributed by atoms with van der Waals surface area (Å²) in [6.07, 6.45) is -6.91. The van der Waals surface area contributed by atoms with E-state index in [1.165, 1.54) is 18.6 Å². The van der Waals surface area contributed by atoms with Gasteiger partial charge in [0.05, 0.1) is 19.3 Å². The van der Waals surface area contributed by atoms with Gasteiger partial charge >= 0.3 is 12.4 Å². The number of nitrogens with one attached hydrogen (secondary N) is 2. The Morgan fingerprint density at radius 3 is 2.00 bits per heavy atom. The zero-order valence-electron chi connectivity index (χ0n) is 36.9. The number of oxazole rings is 2. The van der Waals surface area contributed by atoms with Crippen LogP contribution in [0.3, 0.4) is 0 Å². The third-order valence-electron chi connectivity index (χ3n) is 15.3. The van der Waals surface area contributed by atoms with E-state index in [0.29, 0.717) is 71.2 Å². The number of hydrogen-bond donors (Lipinski definition) is 2. The first-order chi connectivity index (χ1) is 32.8. The molecule has 7 aliphatic rings. The highest BCUT2D eigenvalue weighted by Crippen LogP contribution is 2.69. The molecule has 6 atom stereocenters. The smallest absolute Gasteiger partial charge is 0.396 e. The molecule has 5 heterocycles. The number of hydrogen-bond acceptors (Lipinski definition) is 11. The van der Waals surface area contributed by atoms with Crippen LogP contribution in [0.2, 0.25) is 0 Å². The normalized spacial score (nSPS) is 27.6. The summed E-state index contributed by atoms with van der Waals surface area (Å²) in [6.45, 7) is 2.91. The molecule has 6 unspecified atom stereocenters. The van der Waals surface area contributed by atoms with Crippen molar-refractivity contribution in [3.05, 3.63) is 70.7 Å². The highest BCUT2D eigenvalue weighted by Gasteiger charge is 2.65. The fourth-order valence-electron chi connectivity index (χ4n) is 11.8. The molecule has 3 aliphatic heterocycles. The summed E-state index contributed by atoms with van der Waals surface area (Å²) in [7, 11) is 0. The molecule has 1 spiro atoms. The minimum atomic E-state index is -4.75. The van der Waals surface area contributed by atoms with E-state index in [1.807, 2.05) is 0 Å². The predicted molar refractivity (Wildman–Crippen MR) is 226 cm³/mol. The van der Waals surface area contributed by atoms with Gasteiger partial charge in [0.15, 0.2) is 40.3 Å². The Morgan fingerprint density at radius 2 is 1.39 bits per heavy atom. The molecule has 11 rings (SSSR count). The van der Waals surface area contributed by atoms with Gasteiger partial charge in [-0.05, 0) is 98.5 Å². The van der Waals surface area contributed by atoms with Gasteiger partial charge in [-0.1, -0.05) is 0 Å². The van der Waals surface area contributed by atoms with Crippen LogP contribution in [0.15, 0.2) is 39.2 Å². The molecule has 2 N–H and O–H groups in total. The summed E-state index contributed by atoms with van der Waals surface area (Å²) in [4.78, 5) is 38.1. The Hall–Kier alpha value is -5.67. The lowest BCUT2D eigenvalue weighted by atomic mass is 9.80. The van der Waals surface area contributed by atoms with Gasteiger partial charge in [-0.15, -0.1) is 0 Å². The number of anilines is 4. The number of amides is 2. The maximum atomic E-state index is 15.5. The number of carbonyl (C=O) groups is 2. The Kier molecular flexibility index (Phi) is 11.1. The second-order valence-electron chi connectivity index (χ2n) is 20.3. The third kappa shape index (κ3) is 9.28. The first-order valence-corrected chi connectivity index (χ1v) is 23.2. The van der Waals surface area contributed by atoms with Gasteiger partial charge in [0, 0.05) is 67.8 Å². The standard InChI is InChI=1S/C47H47F9N6O7/c48-31-11-28(1-2-34(31)66-19-23-7-24-9-25(24)8-23)57-40(63)37-35(16-46(51,52)53)68-42(59-37)61-5-3-26(18-61)45-14-27(45)10-30(15-45)67-39-32(49)12-29(13-33(39)50)58-41(64)38-36(17-47(54,55)56)69-43(60-38)62-20-44(21-62)4-6-65-22-44/h1-2,11-13,23-27,30H,3-10,14-22H2,(H,57,63)(H,58,64). The van der Waals surface area contributed by atoms with E-state index in [4.69, 9.17) is 23.0 Å². The average molecular weight is 979 g/mol. The van der Waals surface area contributed by atoms with Gasteiger partial charge in [-0.2, -0.15) is 36.3 Å². The maximum absolute atomic E-state index is 15.5. The number of fused-ring (bicyclic) bond motifs is 2. The zero-order valence-corrected chi connectivity index (χ0v) is 36.9. The van der Waals surface area contributed by atoms with E-state index in [0.717, 1.165) is 55.7 Å². The fraction of sp³-hybridized carbons (Fsp3) is 0.574. The Morgan fingerprint density at radius 1 is 0.768 bits per heavy atom. The van der Waals surface area contributed by atoms with Gasteiger partial charge in [-0.3, -0.25) is 9.59 Å². The molecule has 4 aromatic rings. The molecular weight excluding hydrogens is 932 g/mol. The van der Waals surface area contributed by atoms with Crippen LogP contribution < -0.4 is 29.9 Å². The maximum Gasteiger partial charge on any atom is 0.396 e. The van der Waals surface area contributed by atoms with Crippen LogP contribution in [0.5, 0.6) is 11.5 Å². The Balaban J connectivity index is 0.713. The minimum absolute atomic E-state index is 0.00891. The number of alkyl halides is 6. The van der Waals surface area contributed by atoms with Crippen LogP contribution >= 0.6 is 0 Å². The summed E-state index contributed by atoms with van der Waals surface area (Å²) in [5, 5.41) is 4.66. The van der Waals surface area contributed by atoms with Crippen LogP contribution in [-0.4, -0.2) is 86.2 Å².